The van der Waals surface area contributed by atoms with Crippen LogP contribution in [0.3, 0.4) is 0 Å². The van der Waals surface area contributed by atoms with Crippen LogP contribution in [0.15, 0.2) is 24.3 Å². The minimum Gasteiger partial charge on any atom is -0.481 e. The van der Waals surface area contributed by atoms with Gasteiger partial charge in [-0.3, -0.25) is 14.5 Å². The number of carbonyl (C=O) groups is 3. The van der Waals surface area contributed by atoms with Crippen LogP contribution in [-0.4, -0.2) is 48.5 Å². The molecular formula is C14H16ClN3O4. The average molecular weight is 326 g/mol. The van der Waals surface area contributed by atoms with Gasteiger partial charge in [0.05, 0.1) is 6.54 Å². The molecule has 1 aromatic rings. The van der Waals surface area contributed by atoms with Crippen molar-refractivity contribution in [2.75, 3.05) is 19.6 Å². The lowest BCUT2D eigenvalue weighted by atomic mass is 10.3. The van der Waals surface area contributed by atoms with Crippen molar-refractivity contribution < 1.29 is 19.1 Å². The third-order valence-electron chi connectivity index (χ3n) is 3.05. The SMILES string of the molecule is CC(Oc1cccc(Cl)c1)C(=O)NCCN1C(=O)CNC1=O. The summed E-state index contributed by atoms with van der Waals surface area (Å²) < 4.78 is 5.47. The van der Waals surface area contributed by atoms with Gasteiger partial charge < -0.3 is 15.4 Å². The Hall–Kier alpha value is -2.28. The van der Waals surface area contributed by atoms with Gasteiger partial charge in [0.2, 0.25) is 5.91 Å². The van der Waals surface area contributed by atoms with Crippen LogP contribution in [0.25, 0.3) is 0 Å². The summed E-state index contributed by atoms with van der Waals surface area (Å²) in [5, 5.41) is 5.54. The van der Waals surface area contributed by atoms with Gasteiger partial charge in [0.15, 0.2) is 6.10 Å². The molecular weight excluding hydrogens is 310 g/mol. The van der Waals surface area contributed by atoms with Crippen LogP contribution in [-0.2, 0) is 9.59 Å². The fraction of sp³-hybridized carbons (Fsp3) is 0.357. The Bertz CT molecular complexity index is 577. The molecule has 0 bridgehead atoms. The molecule has 0 aromatic heterocycles. The lowest BCUT2D eigenvalue weighted by Gasteiger charge is -2.16. The Balaban J connectivity index is 1.77. The number of halogens is 1. The third kappa shape index (κ3) is 4.11. The molecule has 1 fully saturated rings. The van der Waals surface area contributed by atoms with Gasteiger partial charge in [0.1, 0.15) is 5.75 Å². The number of ether oxygens (including phenoxy) is 1. The summed E-state index contributed by atoms with van der Waals surface area (Å²) in [6.45, 7) is 1.90. The first-order valence-electron chi connectivity index (χ1n) is 6.75. The quantitative estimate of drug-likeness (QED) is 0.756. The van der Waals surface area contributed by atoms with Crippen LogP contribution in [0.2, 0.25) is 5.02 Å². The number of nitrogens with zero attached hydrogens (tertiary/aromatic N) is 1. The van der Waals surface area contributed by atoms with Crippen molar-refractivity contribution in [1.82, 2.24) is 15.5 Å². The Morgan fingerprint density at radius 3 is 2.91 bits per heavy atom. The molecule has 0 radical (unpaired) electrons. The van der Waals surface area contributed by atoms with E-state index in [0.29, 0.717) is 10.8 Å². The number of carbonyl (C=O) groups excluding carboxylic acids is 3. The van der Waals surface area contributed by atoms with Crippen molar-refractivity contribution >= 4 is 29.4 Å². The van der Waals surface area contributed by atoms with Crippen LogP contribution >= 0.6 is 11.6 Å². The van der Waals surface area contributed by atoms with Crippen LogP contribution in [0, 0.1) is 0 Å². The van der Waals surface area contributed by atoms with E-state index in [9.17, 15) is 14.4 Å². The Labute approximate surface area is 132 Å². The van der Waals surface area contributed by atoms with Gasteiger partial charge in [0, 0.05) is 18.1 Å². The number of nitrogens with one attached hydrogen (secondary N) is 2. The minimum absolute atomic E-state index is 0.00105. The molecule has 1 aliphatic heterocycles. The predicted molar refractivity (Wildman–Crippen MR) is 79.7 cm³/mol. The van der Waals surface area contributed by atoms with E-state index in [1.807, 2.05) is 0 Å². The molecule has 1 saturated heterocycles. The topological polar surface area (TPSA) is 87.7 Å². The van der Waals surface area contributed by atoms with Crippen LogP contribution in [0.5, 0.6) is 5.75 Å². The summed E-state index contributed by atoms with van der Waals surface area (Å²) in [5.74, 6) is -0.154. The lowest BCUT2D eigenvalue weighted by molar-refractivity contribution is -0.128. The Kier molecular flexibility index (Phi) is 5.21. The van der Waals surface area contributed by atoms with Gasteiger partial charge in [-0.15, -0.1) is 0 Å². The summed E-state index contributed by atoms with van der Waals surface area (Å²) >= 11 is 5.84. The van der Waals surface area contributed by atoms with Crippen molar-refractivity contribution in [2.24, 2.45) is 0 Å². The van der Waals surface area contributed by atoms with E-state index in [-0.39, 0.29) is 31.4 Å². The molecule has 2 rings (SSSR count). The first-order chi connectivity index (χ1) is 10.5. The van der Waals surface area contributed by atoms with E-state index >= 15 is 0 Å². The van der Waals surface area contributed by atoms with Gasteiger partial charge in [-0.2, -0.15) is 0 Å². The molecule has 0 spiro atoms. The second-order valence-corrected chi connectivity index (χ2v) is 5.15. The number of rotatable bonds is 6. The zero-order valence-corrected chi connectivity index (χ0v) is 12.7. The maximum Gasteiger partial charge on any atom is 0.324 e. The zero-order valence-electron chi connectivity index (χ0n) is 12.0. The van der Waals surface area contributed by atoms with Crippen LogP contribution in [0.4, 0.5) is 4.79 Å². The van der Waals surface area contributed by atoms with Crippen molar-refractivity contribution in [3.05, 3.63) is 29.3 Å². The third-order valence-corrected chi connectivity index (χ3v) is 3.28. The molecule has 1 unspecified atom stereocenters. The predicted octanol–water partition coefficient (Wildman–Crippen LogP) is 0.775. The van der Waals surface area contributed by atoms with Crippen LogP contribution < -0.4 is 15.4 Å². The highest BCUT2D eigenvalue weighted by Crippen LogP contribution is 2.18. The highest BCUT2D eigenvalue weighted by molar-refractivity contribution is 6.30. The smallest absolute Gasteiger partial charge is 0.324 e. The molecule has 1 atom stereocenters. The number of amides is 4. The van der Waals surface area contributed by atoms with E-state index in [4.69, 9.17) is 16.3 Å². The Morgan fingerprint density at radius 1 is 1.50 bits per heavy atom. The molecule has 0 aliphatic carbocycles. The number of imide groups is 1. The molecule has 0 saturated carbocycles. The standard InChI is InChI=1S/C14H16ClN3O4/c1-9(22-11-4-2-3-10(15)7-11)13(20)16-5-6-18-12(19)8-17-14(18)21/h2-4,7,9H,5-6,8H2,1H3,(H,16,20)(H,17,21). The fourth-order valence-corrected chi connectivity index (χ4v) is 2.09. The number of hydrogen-bond donors (Lipinski definition) is 2. The summed E-state index contributed by atoms with van der Waals surface area (Å²) in [4.78, 5) is 35.6. The summed E-state index contributed by atoms with van der Waals surface area (Å²) in [7, 11) is 0. The van der Waals surface area contributed by atoms with Crippen molar-refractivity contribution in [3.8, 4) is 5.75 Å². The molecule has 1 aliphatic rings. The molecule has 8 heteroatoms. The number of urea groups is 1. The van der Waals surface area contributed by atoms with Crippen molar-refractivity contribution in [2.45, 2.75) is 13.0 Å². The lowest BCUT2D eigenvalue weighted by Crippen LogP contribution is -2.42. The molecule has 118 valence electrons. The molecule has 22 heavy (non-hydrogen) atoms. The maximum atomic E-state index is 11.9. The largest absolute Gasteiger partial charge is 0.481 e. The molecule has 1 heterocycles. The second kappa shape index (κ2) is 7.13. The van der Waals surface area contributed by atoms with E-state index in [0.717, 1.165) is 4.90 Å². The number of hydrogen-bond acceptors (Lipinski definition) is 4. The number of benzene rings is 1. The second-order valence-electron chi connectivity index (χ2n) is 4.71. The summed E-state index contributed by atoms with van der Waals surface area (Å²) in [6.07, 6.45) is -0.721. The molecule has 1 aromatic carbocycles. The maximum absolute atomic E-state index is 11.9. The van der Waals surface area contributed by atoms with E-state index in [2.05, 4.69) is 10.6 Å². The minimum atomic E-state index is -0.721. The first kappa shape index (κ1) is 16.1. The van der Waals surface area contributed by atoms with Crippen molar-refractivity contribution in [1.29, 1.82) is 0 Å². The van der Waals surface area contributed by atoms with Gasteiger partial charge in [-0.25, -0.2) is 4.79 Å². The molecule has 4 amide bonds. The van der Waals surface area contributed by atoms with E-state index < -0.39 is 12.1 Å². The molecule has 7 nitrogen and oxygen atoms in total. The van der Waals surface area contributed by atoms with Crippen molar-refractivity contribution in [3.63, 3.8) is 0 Å². The summed E-state index contributed by atoms with van der Waals surface area (Å²) in [5.41, 5.74) is 0. The highest BCUT2D eigenvalue weighted by Gasteiger charge is 2.28. The first-order valence-corrected chi connectivity index (χ1v) is 7.13. The zero-order chi connectivity index (χ0) is 16.1. The van der Waals surface area contributed by atoms with Gasteiger partial charge in [-0.1, -0.05) is 17.7 Å². The summed E-state index contributed by atoms with van der Waals surface area (Å²) in [6, 6.07) is 6.29. The average Bonchev–Trinajstić information content (AvgIpc) is 2.78. The van der Waals surface area contributed by atoms with Gasteiger partial charge in [-0.05, 0) is 25.1 Å². The van der Waals surface area contributed by atoms with E-state index in [1.165, 1.54) is 0 Å². The van der Waals surface area contributed by atoms with Gasteiger partial charge >= 0.3 is 6.03 Å². The highest BCUT2D eigenvalue weighted by atomic mass is 35.5. The Morgan fingerprint density at radius 2 is 2.27 bits per heavy atom. The van der Waals surface area contributed by atoms with Gasteiger partial charge in [0.25, 0.3) is 5.91 Å². The van der Waals surface area contributed by atoms with Crippen LogP contribution in [0.1, 0.15) is 6.92 Å². The molecule has 2 N–H and O–H groups in total. The fourth-order valence-electron chi connectivity index (χ4n) is 1.91. The van der Waals surface area contributed by atoms with E-state index in [1.54, 1.807) is 31.2 Å². The normalized spacial score (nSPS) is 15.5. The monoisotopic (exact) mass is 325 g/mol.